The van der Waals surface area contributed by atoms with E-state index in [-0.39, 0.29) is 6.04 Å². The minimum absolute atomic E-state index is 0.0799. The summed E-state index contributed by atoms with van der Waals surface area (Å²) in [5.41, 5.74) is 8.23. The van der Waals surface area contributed by atoms with Crippen molar-refractivity contribution in [1.29, 1.82) is 0 Å². The molecular weight excluding hydrogens is 272 g/mol. The topological polar surface area (TPSA) is 57.4 Å². The van der Waals surface area contributed by atoms with Gasteiger partial charge in [-0.1, -0.05) is 0 Å². The van der Waals surface area contributed by atoms with Crippen LogP contribution in [0.5, 0.6) is 11.5 Å². The molecule has 20 heavy (non-hydrogen) atoms. The van der Waals surface area contributed by atoms with Crippen LogP contribution < -0.4 is 15.2 Å². The van der Waals surface area contributed by atoms with E-state index in [2.05, 4.69) is 0 Å². The van der Waals surface area contributed by atoms with Crippen molar-refractivity contribution in [3.05, 3.63) is 28.8 Å². The highest BCUT2D eigenvalue weighted by atomic mass is 32.1. The van der Waals surface area contributed by atoms with Crippen molar-refractivity contribution in [3.8, 4) is 22.1 Å². The number of nitrogens with zero attached hydrogens (tertiary/aromatic N) is 1. The van der Waals surface area contributed by atoms with Gasteiger partial charge < -0.3 is 15.2 Å². The second-order valence-electron chi connectivity index (χ2n) is 4.93. The van der Waals surface area contributed by atoms with Gasteiger partial charge in [0.05, 0.1) is 19.9 Å². The van der Waals surface area contributed by atoms with E-state index in [1.54, 1.807) is 25.6 Å². The standard InChI is InChI=1S/C15H18N2O2S/c1-18-10-6-9(7-11(8-10)19-2)15-17-14-12(16)4-3-5-13(14)20-15/h6-8,12H,3-5,16H2,1-2H3. The average Bonchev–Trinajstić information content (AvgIpc) is 2.92. The minimum Gasteiger partial charge on any atom is -0.497 e. The molecule has 106 valence electrons. The molecule has 0 aliphatic heterocycles. The van der Waals surface area contributed by atoms with Crippen LogP contribution in [-0.2, 0) is 6.42 Å². The van der Waals surface area contributed by atoms with Crippen LogP contribution in [0.15, 0.2) is 18.2 Å². The summed E-state index contributed by atoms with van der Waals surface area (Å²) in [6.07, 6.45) is 3.26. The van der Waals surface area contributed by atoms with Gasteiger partial charge in [0.15, 0.2) is 0 Å². The highest BCUT2D eigenvalue weighted by Crippen LogP contribution is 2.38. The van der Waals surface area contributed by atoms with Crippen LogP contribution in [0.4, 0.5) is 0 Å². The summed E-state index contributed by atoms with van der Waals surface area (Å²) >= 11 is 1.73. The number of fused-ring (bicyclic) bond motifs is 1. The van der Waals surface area contributed by atoms with E-state index < -0.39 is 0 Å². The third kappa shape index (κ3) is 2.39. The maximum Gasteiger partial charge on any atom is 0.124 e. The molecular formula is C15H18N2O2S. The van der Waals surface area contributed by atoms with E-state index in [1.807, 2.05) is 18.2 Å². The summed E-state index contributed by atoms with van der Waals surface area (Å²) in [7, 11) is 3.31. The molecule has 0 bridgehead atoms. The first-order valence-electron chi connectivity index (χ1n) is 6.70. The van der Waals surface area contributed by atoms with Crippen molar-refractivity contribution in [1.82, 2.24) is 4.98 Å². The van der Waals surface area contributed by atoms with Crippen LogP contribution in [0.3, 0.4) is 0 Å². The summed E-state index contributed by atoms with van der Waals surface area (Å²) in [5.74, 6) is 1.55. The van der Waals surface area contributed by atoms with E-state index in [9.17, 15) is 0 Å². The first-order valence-corrected chi connectivity index (χ1v) is 7.51. The van der Waals surface area contributed by atoms with Gasteiger partial charge in [0.25, 0.3) is 0 Å². The fourth-order valence-electron chi connectivity index (χ4n) is 2.51. The number of hydrogen-bond donors (Lipinski definition) is 1. The van der Waals surface area contributed by atoms with Gasteiger partial charge in [-0.05, 0) is 31.4 Å². The molecule has 1 unspecified atom stereocenters. The molecule has 0 amide bonds. The second-order valence-corrected chi connectivity index (χ2v) is 6.01. The van der Waals surface area contributed by atoms with E-state index in [4.69, 9.17) is 20.2 Å². The number of aromatic nitrogens is 1. The van der Waals surface area contributed by atoms with Crippen molar-refractivity contribution in [3.63, 3.8) is 0 Å². The first-order chi connectivity index (χ1) is 9.71. The molecule has 1 aliphatic carbocycles. The van der Waals surface area contributed by atoms with Gasteiger partial charge in [0, 0.05) is 22.5 Å². The summed E-state index contributed by atoms with van der Waals surface area (Å²) in [6, 6.07) is 5.91. The lowest BCUT2D eigenvalue weighted by molar-refractivity contribution is 0.394. The Morgan fingerprint density at radius 2 is 1.90 bits per heavy atom. The number of nitrogens with two attached hydrogens (primary N) is 1. The minimum atomic E-state index is 0.0799. The molecule has 1 atom stereocenters. The largest absolute Gasteiger partial charge is 0.497 e. The fraction of sp³-hybridized carbons (Fsp3) is 0.400. The summed E-state index contributed by atoms with van der Waals surface area (Å²) in [5, 5.41) is 0.990. The zero-order valence-corrected chi connectivity index (χ0v) is 12.5. The van der Waals surface area contributed by atoms with E-state index in [0.29, 0.717) is 0 Å². The number of hydrogen-bond acceptors (Lipinski definition) is 5. The number of methoxy groups -OCH3 is 2. The van der Waals surface area contributed by atoms with E-state index >= 15 is 0 Å². The Kier molecular flexibility index (Phi) is 3.63. The number of rotatable bonds is 3. The maximum atomic E-state index is 6.14. The molecule has 0 spiro atoms. The quantitative estimate of drug-likeness (QED) is 0.943. The third-order valence-electron chi connectivity index (χ3n) is 3.60. The molecule has 0 saturated heterocycles. The fourth-order valence-corrected chi connectivity index (χ4v) is 3.67. The Balaban J connectivity index is 2.04. The first kappa shape index (κ1) is 13.4. The summed E-state index contributed by atoms with van der Waals surface area (Å²) in [4.78, 5) is 6.06. The Labute approximate surface area is 122 Å². The predicted molar refractivity (Wildman–Crippen MR) is 80.5 cm³/mol. The molecule has 0 radical (unpaired) electrons. The maximum absolute atomic E-state index is 6.14. The Morgan fingerprint density at radius 3 is 2.50 bits per heavy atom. The molecule has 1 heterocycles. The van der Waals surface area contributed by atoms with E-state index in [0.717, 1.165) is 47.0 Å². The summed E-state index contributed by atoms with van der Waals surface area (Å²) in [6.45, 7) is 0. The van der Waals surface area contributed by atoms with Gasteiger partial charge in [-0.25, -0.2) is 4.98 Å². The van der Waals surface area contributed by atoms with Crippen LogP contribution in [0.25, 0.3) is 10.6 Å². The molecule has 4 nitrogen and oxygen atoms in total. The molecule has 1 aromatic carbocycles. The number of thiazole rings is 1. The third-order valence-corrected chi connectivity index (χ3v) is 4.78. The number of benzene rings is 1. The smallest absolute Gasteiger partial charge is 0.124 e. The van der Waals surface area contributed by atoms with Crippen molar-refractivity contribution in [2.45, 2.75) is 25.3 Å². The molecule has 3 rings (SSSR count). The van der Waals surface area contributed by atoms with Gasteiger partial charge in [0.2, 0.25) is 0 Å². The number of ether oxygens (including phenoxy) is 2. The molecule has 0 fully saturated rings. The number of aryl methyl sites for hydroxylation is 1. The zero-order chi connectivity index (χ0) is 14.1. The van der Waals surface area contributed by atoms with Gasteiger partial charge in [-0.3, -0.25) is 0 Å². The Hall–Kier alpha value is -1.59. The van der Waals surface area contributed by atoms with Crippen LogP contribution in [0, 0.1) is 0 Å². The van der Waals surface area contributed by atoms with Gasteiger partial charge in [-0.15, -0.1) is 11.3 Å². The second kappa shape index (κ2) is 5.42. The lowest BCUT2D eigenvalue weighted by Crippen LogP contribution is -2.16. The van der Waals surface area contributed by atoms with E-state index in [1.165, 1.54) is 4.88 Å². The zero-order valence-electron chi connectivity index (χ0n) is 11.7. The molecule has 2 aromatic rings. The highest BCUT2D eigenvalue weighted by molar-refractivity contribution is 7.15. The van der Waals surface area contributed by atoms with Crippen molar-refractivity contribution < 1.29 is 9.47 Å². The Morgan fingerprint density at radius 1 is 1.20 bits per heavy atom. The van der Waals surface area contributed by atoms with Crippen molar-refractivity contribution in [2.75, 3.05) is 14.2 Å². The van der Waals surface area contributed by atoms with Crippen LogP contribution in [-0.4, -0.2) is 19.2 Å². The van der Waals surface area contributed by atoms with Crippen molar-refractivity contribution in [2.24, 2.45) is 5.73 Å². The molecule has 5 heteroatoms. The van der Waals surface area contributed by atoms with Gasteiger partial charge in [-0.2, -0.15) is 0 Å². The SMILES string of the molecule is COc1cc(OC)cc(-c2nc3c(s2)CCCC3N)c1. The lowest BCUT2D eigenvalue weighted by Gasteiger charge is -2.15. The molecule has 2 N–H and O–H groups in total. The summed E-state index contributed by atoms with van der Waals surface area (Å²) < 4.78 is 10.6. The van der Waals surface area contributed by atoms with Crippen molar-refractivity contribution >= 4 is 11.3 Å². The van der Waals surface area contributed by atoms with Gasteiger partial charge in [0.1, 0.15) is 16.5 Å². The Bertz CT molecular complexity index is 602. The predicted octanol–water partition coefficient (Wildman–Crippen LogP) is 3.16. The normalized spacial score (nSPS) is 17.6. The van der Waals surface area contributed by atoms with Crippen LogP contribution in [0.1, 0.15) is 29.5 Å². The lowest BCUT2D eigenvalue weighted by atomic mass is 9.99. The molecule has 1 aliphatic rings. The average molecular weight is 290 g/mol. The van der Waals surface area contributed by atoms with Crippen LogP contribution >= 0.6 is 11.3 Å². The highest BCUT2D eigenvalue weighted by Gasteiger charge is 2.22. The molecule has 0 saturated carbocycles. The van der Waals surface area contributed by atoms with Crippen LogP contribution in [0.2, 0.25) is 0 Å². The monoisotopic (exact) mass is 290 g/mol. The molecule has 1 aromatic heterocycles. The van der Waals surface area contributed by atoms with Gasteiger partial charge >= 0.3 is 0 Å².